The van der Waals surface area contributed by atoms with Gasteiger partial charge in [-0.25, -0.2) is 4.79 Å². The van der Waals surface area contributed by atoms with Gasteiger partial charge >= 0.3 is 6.03 Å². The predicted octanol–water partition coefficient (Wildman–Crippen LogP) is 3.32. The van der Waals surface area contributed by atoms with E-state index in [2.05, 4.69) is 17.6 Å². The van der Waals surface area contributed by atoms with Crippen molar-refractivity contribution in [3.63, 3.8) is 0 Å². The van der Waals surface area contributed by atoms with E-state index < -0.39 is 0 Å². The molecule has 0 unspecified atom stereocenters. The fourth-order valence-corrected chi connectivity index (χ4v) is 2.12. The van der Waals surface area contributed by atoms with Crippen molar-refractivity contribution in [3.8, 4) is 11.8 Å². The van der Waals surface area contributed by atoms with Crippen LogP contribution in [0.15, 0.2) is 48.5 Å². The van der Waals surface area contributed by atoms with Crippen molar-refractivity contribution in [3.05, 3.63) is 59.7 Å². The average molecular weight is 309 g/mol. The highest BCUT2D eigenvalue weighted by molar-refractivity contribution is 5.90. The third-order valence-electron chi connectivity index (χ3n) is 3.29. The summed E-state index contributed by atoms with van der Waals surface area (Å²) in [5, 5.41) is 14.3. The van der Waals surface area contributed by atoms with E-state index in [9.17, 15) is 4.79 Å². The minimum Gasteiger partial charge on any atom is -0.491 e. The number of carbonyl (C=O) groups excluding carboxylic acids is 1. The zero-order valence-corrected chi connectivity index (χ0v) is 13.0. The van der Waals surface area contributed by atoms with Gasteiger partial charge in [-0.3, -0.25) is 0 Å². The van der Waals surface area contributed by atoms with Gasteiger partial charge in [0.15, 0.2) is 0 Å². The summed E-state index contributed by atoms with van der Waals surface area (Å²) in [7, 11) is 0. The van der Waals surface area contributed by atoms with Gasteiger partial charge in [0.2, 0.25) is 0 Å². The van der Waals surface area contributed by atoms with Crippen molar-refractivity contribution < 1.29 is 9.53 Å². The summed E-state index contributed by atoms with van der Waals surface area (Å²) in [6.45, 7) is 2.82. The summed E-state index contributed by atoms with van der Waals surface area (Å²) in [5.41, 5.74) is 2.06. The Balaban J connectivity index is 1.78. The maximum Gasteiger partial charge on any atom is 0.319 e. The molecule has 2 rings (SSSR count). The molecule has 0 heterocycles. The number of rotatable bonds is 6. The van der Waals surface area contributed by atoms with Gasteiger partial charge in [-0.2, -0.15) is 5.26 Å². The van der Waals surface area contributed by atoms with Gasteiger partial charge in [0.1, 0.15) is 18.4 Å². The Labute approximate surface area is 135 Å². The maximum absolute atomic E-state index is 11.8. The van der Waals surface area contributed by atoms with E-state index in [-0.39, 0.29) is 6.03 Å². The van der Waals surface area contributed by atoms with Gasteiger partial charge in [0.25, 0.3) is 0 Å². The molecule has 0 aliphatic rings. The van der Waals surface area contributed by atoms with Crippen LogP contribution >= 0.6 is 0 Å². The van der Waals surface area contributed by atoms with Crippen LogP contribution in [0, 0.1) is 11.3 Å². The molecule has 0 atom stereocenters. The van der Waals surface area contributed by atoms with Gasteiger partial charge in [0, 0.05) is 0 Å². The minimum absolute atomic E-state index is 0.361. The number of para-hydroxylation sites is 2. The van der Waals surface area contributed by atoms with Crippen LogP contribution < -0.4 is 15.4 Å². The number of aryl methyl sites for hydroxylation is 1. The van der Waals surface area contributed by atoms with Crippen LogP contribution in [0.3, 0.4) is 0 Å². The first-order chi connectivity index (χ1) is 11.2. The van der Waals surface area contributed by atoms with Gasteiger partial charge in [0.05, 0.1) is 17.8 Å². The topological polar surface area (TPSA) is 74.2 Å². The fourth-order valence-electron chi connectivity index (χ4n) is 2.12. The Hall–Kier alpha value is -3.00. The van der Waals surface area contributed by atoms with Crippen molar-refractivity contribution in [2.24, 2.45) is 0 Å². The summed E-state index contributed by atoms with van der Waals surface area (Å²) in [6.07, 6.45) is 0.898. The number of nitriles is 1. The molecule has 2 aromatic rings. The number of nitrogens with one attached hydrogen (secondary N) is 2. The number of hydrogen-bond donors (Lipinski definition) is 2. The molecule has 0 fully saturated rings. The van der Waals surface area contributed by atoms with Crippen molar-refractivity contribution >= 4 is 11.7 Å². The Morgan fingerprint density at radius 2 is 1.91 bits per heavy atom. The number of hydrogen-bond acceptors (Lipinski definition) is 3. The number of amides is 2. The highest BCUT2D eigenvalue weighted by Crippen LogP contribution is 2.17. The first kappa shape index (κ1) is 16.4. The molecule has 5 heteroatoms. The molecule has 2 N–H and O–H groups in total. The van der Waals surface area contributed by atoms with Crippen LogP contribution in [-0.2, 0) is 6.42 Å². The van der Waals surface area contributed by atoms with Crippen LogP contribution in [0.25, 0.3) is 0 Å². The largest absolute Gasteiger partial charge is 0.491 e. The Bertz CT molecular complexity index is 707. The molecule has 0 radical (unpaired) electrons. The molecule has 0 saturated heterocycles. The van der Waals surface area contributed by atoms with Gasteiger partial charge in [-0.1, -0.05) is 37.3 Å². The molecule has 5 nitrogen and oxygen atoms in total. The van der Waals surface area contributed by atoms with E-state index in [0.29, 0.717) is 24.4 Å². The summed E-state index contributed by atoms with van der Waals surface area (Å²) in [4.78, 5) is 11.8. The van der Waals surface area contributed by atoms with E-state index in [1.165, 1.54) is 0 Å². The molecule has 0 aliphatic heterocycles. The number of urea groups is 1. The molecule has 2 aromatic carbocycles. The zero-order valence-electron chi connectivity index (χ0n) is 13.0. The third-order valence-corrected chi connectivity index (χ3v) is 3.29. The molecule has 0 spiro atoms. The SMILES string of the molecule is CCc1ccccc1OCCNC(=O)Nc1ccccc1C#N. The molecule has 118 valence electrons. The molecule has 0 aromatic heterocycles. The molecule has 23 heavy (non-hydrogen) atoms. The minimum atomic E-state index is -0.361. The number of ether oxygens (including phenoxy) is 1. The molecule has 0 saturated carbocycles. The van der Waals surface area contributed by atoms with Crippen molar-refractivity contribution in [2.75, 3.05) is 18.5 Å². The Kier molecular flexibility index (Phi) is 6.01. The number of anilines is 1. The normalized spacial score (nSPS) is 9.74. The van der Waals surface area contributed by atoms with Crippen LogP contribution in [0.5, 0.6) is 5.75 Å². The van der Waals surface area contributed by atoms with E-state index in [1.807, 2.05) is 30.3 Å². The quantitative estimate of drug-likeness (QED) is 0.804. The zero-order chi connectivity index (χ0) is 16.5. The number of carbonyl (C=O) groups is 1. The van der Waals surface area contributed by atoms with Crippen molar-refractivity contribution in [1.29, 1.82) is 5.26 Å². The van der Waals surface area contributed by atoms with E-state index in [4.69, 9.17) is 10.00 Å². The Morgan fingerprint density at radius 1 is 1.17 bits per heavy atom. The first-order valence-corrected chi connectivity index (χ1v) is 7.49. The molecule has 0 aliphatic carbocycles. The average Bonchev–Trinajstić information content (AvgIpc) is 2.59. The lowest BCUT2D eigenvalue weighted by molar-refractivity contribution is 0.247. The second kappa shape index (κ2) is 8.44. The maximum atomic E-state index is 11.8. The second-order valence-corrected chi connectivity index (χ2v) is 4.85. The standard InChI is InChI=1S/C18H19N3O2/c1-2-14-7-4-6-10-17(14)23-12-11-20-18(22)21-16-9-5-3-8-15(16)13-19/h3-10H,2,11-12H2,1H3,(H2,20,21,22). The molecule has 2 amide bonds. The fraction of sp³-hybridized carbons (Fsp3) is 0.222. The van der Waals surface area contributed by atoms with E-state index in [0.717, 1.165) is 17.7 Å². The summed E-state index contributed by atoms with van der Waals surface area (Å²) in [5.74, 6) is 0.840. The molecular formula is C18H19N3O2. The lowest BCUT2D eigenvalue weighted by Gasteiger charge is -2.11. The second-order valence-electron chi connectivity index (χ2n) is 4.85. The summed E-state index contributed by atoms with van der Waals surface area (Å²) in [6, 6.07) is 16.4. The van der Waals surface area contributed by atoms with E-state index >= 15 is 0 Å². The summed E-state index contributed by atoms with van der Waals surface area (Å²) >= 11 is 0. The predicted molar refractivity (Wildman–Crippen MR) is 89.5 cm³/mol. The van der Waals surface area contributed by atoms with Gasteiger partial charge < -0.3 is 15.4 Å². The highest BCUT2D eigenvalue weighted by Gasteiger charge is 2.05. The monoisotopic (exact) mass is 309 g/mol. The van der Waals surface area contributed by atoms with E-state index in [1.54, 1.807) is 24.3 Å². The smallest absolute Gasteiger partial charge is 0.319 e. The lowest BCUT2D eigenvalue weighted by atomic mass is 10.1. The van der Waals surface area contributed by atoms with Crippen molar-refractivity contribution in [2.45, 2.75) is 13.3 Å². The third kappa shape index (κ3) is 4.75. The first-order valence-electron chi connectivity index (χ1n) is 7.49. The van der Waals surface area contributed by atoms with Crippen molar-refractivity contribution in [1.82, 2.24) is 5.32 Å². The highest BCUT2D eigenvalue weighted by atomic mass is 16.5. The van der Waals surface area contributed by atoms with Crippen LogP contribution in [0.4, 0.5) is 10.5 Å². The number of nitrogens with zero attached hydrogens (tertiary/aromatic N) is 1. The van der Waals surface area contributed by atoms with Crippen LogP contribution in [-0.4, -0.2) is 19.2 Å². The molecule has 0 bridgehead atoms. The van der Waals surface area contributed by atoms with Gasteiger partial charge in [-0.05, 0) is 30.2 Å². The van der Waals surface area contributed by atoms with Crippen LogP contribution in [0.1, 0.15) is 18.1 Å². The number of benzene rings is 2. The lowest BCUT2D eigenvalue weighted by Crippen LogP contribution is -2.32. The van der Waals surface area contributed by atoms with Crippen LogP contribution in [0.2, 0.25) is 0 Å². The van der Waals surface area contributed by atoms with Gasteiger partial charge in [-0.15, -0.1) is 0 Å². The Morgan fingerprint density at radius 3 is 2.70 bits per heavy atom. The summed E-state index contributed by atoms with van der Waals surface area (Å²) < 4.78 is 5.68. The molecular weight excluding hydrogens is 290 g/mol.